The fourth-order valence-corrected chi connectivity index (χ4v) is 2.31. The van der Waals surface area contributed by atoms with Crippen LogP contribution in [0.1, 0.15) is 26.3 Å². The number of fused-ring (bicyclic) bond motifs is 1. The number of aliphatic hydroxyl groups excluding tert-OH is 1. The van der Waals surface area contributed by atoms with Crippen LogP contribution in [0.4, 0.5) is 0 Å². The SMILES string of the molecule is CC(CO)Cn1ccc2c(CNC(C)C)cccc21. The summed E-state index contributed by atoms with van der Waals surface area (Å²) >= 11 is 0. The zero-order valence-electron chi connectivity index (χ0n) is 12.1. The van der Waals surface area contributed by atoms with Gasteiger partial charge in [0.15, 0.2) is 0 Å². The number of aliphatic hydroxyl groups is 1. The predicted molar refractivity (Wildman–Crippen MR) is 80.2 cm³/mol. The van der Waals surface area contributed by atoms with Crippen molar-refractivity contribution in [3.63, 3.8) is 0 Å². The van der Waals surface area contributed by atoms with E-state index in [9.17, 15) is 5.11 Å². The molecule has 0 saturated carbocycles. The second-order valence-electron chi connectivity index (χ2n) is 5.64. The largest absolute Gasteiger partial charge is 0.396 e. The summed E-state index contributed by atoms with van der Waals surface area (Å²) < 4.78 is 2.23. The first-order valence-corrected chi connectivity index (χ1v) is 7.02. The second-order valence-corrected chi connectivity index (χ2v) is 5.64. The fraction of sp³-hybridized carbons (Fsp3) is 0.500. The Bertz CT molecular complexity index is 531. The van der Waals surface area contributed by atoms with Gasteiger partial charge in [-0.1, -0.05) is 32.9 Å². The van der Waals surface area contributed by atoms with Gasteiger partial charge in [0.05, 0.1) is 0 Å². The average molecular weight is 260 g/mol. The number of hydrogen-bond acceptors (Lipinski definition) is 2. The minimum absolute atomic E-state index is 0.230. The maximum atomic E-state index is 9.18. The average Bonchev–Trinajstić information content (AvgIpc) is 2.80. The van der Waals surface area contributed by atoms with Crippen molar-refractivity contribution < 1.29 is 5.11 Å². The van der Waals surface area contributed by atoms with Gasteiger partial charge in [-0.05, 0) is 23.6 Å². The topological polar surface area (TPSA) is 37.2 Å². The van der Waals surface area contributed by atoms with Crippen LogP contribution < -0.4 is 5.32 Å². The third-order valence-corrected chi connectivity index (χ3v) is 3.42. The Kier molecular flexibility index (Phi) is 4.61. The summed E-state index contributed by atoms with van der Waals surface area (Å²) in [5.74, 6) is 0.285. The minimum atomic E-state index is 0.230. The lowest BCUT2D eigenvalue weighted by Crippen LogP contribution is -2.21. The van der Waals surface area contributed by atoms with Gasteiger partial charge < -0.3 is 15.0 Å². The second kappa shape index (κ2) is 6.22. The molecule has 0 amide bonds. The van der Waals surface area contributed by atoms with Crippen LogP contribution in [0.3, 0.4) is 0 Å². The summed E-state index contributed by atoms with van der Waals surface area (Å²) in [6.45, 7) is 8.38. The monoisotopic (exact) mass is 260 g/mol. The Labute approximate surface area is 115 Å². The highest BCUT2D eigenvalue weighted by Crippen LogP contribution is 2.21. The Balaban J connectivity index is 2.26. The molecule has 0 fully saturated rings. The Morgan fingerprint density at radius 2 is 2.00 bits per heavy atom. The first-order valence-electron chi connectivity index (χ1n) is 7.02. The van der Waals surface area contributed by atoms with Crippen LogP contribution in [0.25, 0.3) is 10.9 Å². The van der Waals surface area contributed by atoms with E-state index in [1.54, 1.807) is 0 Å². The van der Waals surface area contributed by atoms with Crippen molar-refractivity contribution in [3.8, 4) is 0 Å². The zero-order valence-corrected chi connectivity index (χ0v) is 12.1. The van der Waals surface area contributed by atoms with E-state index >= 15 is 0 Å². The van der Waals surface area contributed by atoms with E-state index in [2.05, 4.69) is 61.1 Å². The number of nitrogens with zero attached hydrogens (tertiary/aromatic N) is 1. The van der Waals surface area contributed by atoms with Crippen LogP contribution in [-0.4, -0.2) is 22.3 Å². The third kappa shape index (κ3) is 3.37. The first kappa shape index (κ1) is 14.1. The van der Waals surface area contributed by atoms with Crippen LogP contribution in [0.2, 0.25) is 0 Å². The maximum Gasteiger partial charge on any atom is 0.0483 e. The molecule has 3 heteroatoms. The highest BCUT2D eigenvalue weighted by molar-refractivity contribution is 5.83. The van der Waals surface area contributed by atoms with E-state index < -0.39 is 0 Å². The van der Waals surface area contributed by atoms with E-state index in [1.807, 2.05) is 0 Å². The van der Waals surface area contributed by atoms with Gasteiger partial charge in [-0.3, -0.25) is 0 Å². The van der Waals surface area contributed by atoms with Crippen molar-refractivity contribution >= 4 is 10.9 Å². The molecular formula is C16H24N2O. The van der Waals surface area contributed by atoms with Crippen LogP contribution >= 0.6 is 0 Å². The highest BCUT2D eigenvalue weighted by atomic mass is 16.3. The Morgan fingerprint density at radius 1 is 1.21 bits per heavy atom. The molecule has 0 saturated heterocycles. The smallest absolute Gasteiger partial charge is 0.0483 e. The number of hydrogen-bond donors (Lipinski definition) is 2. The summed E-state index contributed by atoms with van der Waals surface area (Å²) in [4.78, 5) is 0. The molecule has 0 aliphatic carbocycles. The molecule has 0 spiro atoms. The number of rotatable bonds is 6. The molecule has 1 aromatic carbocycles. The summed E-state index contributed by atoms with van der Waals surface area (Å²) in [5, 5.41) is 14.0. The number of aromatic nitrogens is 1. The molecule has 3 nitrogen and oxygen atoms in total. The van der Waals surface area contributed by atoms with Gasteiger partial charge in [-0.15, -0.1) is 0 Å². The van der Waals surface area contributed by atoms with Crippen LogP contribution in [-0.2, 0) is 13.1 Å². The lowest BCUT2D eigenvalue weighted by atomic mass is 10.1. The van der Waals surface area contributed by atoms with E-state index in [-0.39, 0.29) is 12.5 Å². The van der Waals surface area contributed by atoms with Crippen LogP contribution in [0.5, 0.6) is 0 Å². The fourth-order valence-electron chi connectivity index (χ4n) is 2.31. The molecule has 1 atom stereocenters. The molecule has 0 aliphatic heterocycles. The van der Waals surface area contributed by atoms with Crippen molar-refractivity contribution in [1.82, 2.24) is 9.88 Å². The highest BCUT2D eigenvalue weighted by Gasteiger charge is 2.08. The third-order valence-electron chi connectivity index (χ3n) is 3.42. The lowest BCUT2D eigenvalue weighted by Gasteiger charge is -2.12. The van der Waals surface area contributed by atoms with Gasteiger partial charge in [0.25, 0.3) is 0 Å². The lowest BCUT2D eigenvalue weighted by molar-refractivity contribution is 0.224. The quantitative estimate of drug-likeness (QED) is 0.838. The summed E-state index contributed by atoms with van der Waals surface area (Å²) in [6.07, 6.45) is 2.12. The van der Waals surface area contributed by atoms with Crippen molar-refractivity contribution in [3.05, 3.63) is 36.0 Å². The molecule has 0 bridgehead atoms. The van der Waals surface area contributed by atoms with Crippen molar-refractivity contribution in [2.75, 3.05) is 6.61 Å². The number of nitrogens with one attached hydrogen (secondary N) is 1. The molecule has 2 aromatic rings. The van der Waals surface area contributed by atoms with Crippen molar-refractivity contribution in [2.24, 2.45) is 5.92 Å². The zero-order chi connectivity index (χ0) is 13.8. The molecule has 104 valence electrons. The van der Waals surface area contributed by atoms with Gasteiger partial charge in [0.2, 0.25) is 0 Å². The van der Waals surface area contributed by atoms with E-state index in [1.165, 1.54) is 16.5 Å². The summed E-state index contributed by atoms with van der Waals surface area (Å²) in [7, 11) is 0. The van der Waals surface area contributed by atoms with E-state index in [4.69, 9.17) is 0 Å². The normalized spacial score (nSPS) is 13.3. The summed E-state index contributed by atoms with van der Waals surface area (Å²) in [6, 6.07) is 9.11. The van der Waals surface area contributed by atoms with Crippen LogP contribution in [0.15, 0.2) is 30.5 Å². The van der Waals surface area contributed by atoms with Gasteiger partial charge in [0, 0.05) is 42.8 Å². The van der Waals surface area contributed by atoms with Crippen molar-refractivity contribution in [1.29, 1.82) is 0 Å². The number of benzene rings is 1. The molecule has 1 unspecified atom stereocenters. The van der Waals surface area contributed by atoms with Gasteiger partial charge >= 0.3 is 0 Å². The van der Waals surface area contributed by atoms with Crippen molar-refractivity contribution in [2.45, 2.75) is 39.9 Å². The summed E-state index contributed by atoms with van der Waals surface area (Å²) in [5.41, 5.74) is 2.59. The van der Waals surface area contributed by atoms with E-state index in [0.717, 1.165) is 13.1 Å². The Morgan fingerprint density at radius 3 is 2.68 bits per heavy atom. The molecular weight excluding hydrogens is 236 g/mol. The van der Waals surface area contributed by atoms with E-state index in [0.29, 0.717) is 6.04 Å². The molecule has 19 heavy (non-hydrogen) atoms. The Hall–Kier alpha value is -1.32. The first-order chi connectivity index (χ1) is 9.11. The molecule has 2 N–H and O–H groups in total. The molecule has 0 aliphatic rings. The van der Waals surface area contributed by atoms with Crippen LogP contribution in [0, 0.1) is 5.92 Å². The minimum Gasteiger partial charge on any atom is -0.396 e. The molecule has 2 rings (SSSR count). The maximum absolute atomic E-state index is 9.18. The standard InChI is InChI=1S/C16H24N2O/c1-12(2)17-9-14-5-4-6-16-15(14)7-8-18(16)10-13(3)11-19/h4-8,12-13,17,19H,9-11H2,1-3H3. The molecule has 0 radical (unpaired) electrons. The van der Waals surface area contributed by atoms with Gasteiger partial charge in [-0.2, -0.15) is 0 Å². The molecule has 1 aromatic heterocycles. The van der Waals surface area contributed by atoms with Gasteiger partial charge in [-0.25, -0.2) is 0 Å². The van der Waals surface area contributed by atoms with Gasteiger partial charge in [0.1, 0.15) is 0 Å². The molecule has 1 heterocycles. The predicted octanol–water partition coefficient (Wildman–Crippen LogP) is 2.77.